The number of fused-ring (bicyclic) bond motifs is 1. The van der Waals surface area contributed by atoms with Gasteiger partial charge in [-0.25, -0.2) is 4.98 Å². The summed E-state index contributed by atoms with van der Waals surface area (Å²) in [5.41, 5.74) is 4.37. The van der Waals surface area contributed by atoms with Crippen molar-refractivity contribution in [2.75, 3.05) is 6.54 Å². The summed E-state index contributed by atoms with van der Waals surface area (Å²) < 4.78 is 1.63. The standard InChI is InChI=1S/C17H21N5OS/c1-10-8-22-15(23)7-13(18-17(22)24-10)9-21-6-4-5-14(21)16-11(2)19-20-12(16)3/h7-8,14H,4-6,9H2,1-3H3,(H,19,20). The van der Waals surface area contributed by atoms with Crippen molar-refractivity contribution in [3.8, 4) is 0 Å². The average Bonchev–Trinajstić information content (AvgIpc) is 3.19. The van der Waals surface area contributed by atoms with Gasteiger partial charge in [0.1, 0.15) is 0 Å². The highest BCUT2D eigenvalue weighted by Crippen LogP contribution is 2.35. The fourth-order valence-electron chi connectivity index (χ4n) is 3.74. The molecule has 6 nitrogen and oxygen atoms in total. The van der Waals surface area contributed by atoms with Crippen LogP contribution in [-0.4, -0.2) is 31.0 Å². The monoisotopic (exact) mass is 343 g/mol. The lowest BCUT2D eigenvalue weighted by Crippen LogP contribution is -2.25. The maximum absolute atomic E-state index is 12.3. The molecular formula is C17H21N5OS. The highest BCUT2D eigenvalue weighted by atomic mass is 32.1. The average molecular weight is 343 g/mol. The Morgan fingerprint density at radius 2 is 2.21 bits per heavy atom. The molecule has 1 N–H and O–H groups in total. The van der Waals surface area contributed by atoms with Crippen LogP contribution < -0.4 is 5.56 Å². The summed E-state index contributed by atoms with van der Waals surface area (Å²) in [6.07, 6.45) is 4.14. The van der Waals surface area contributed by atoms with Crippen molar-refractivity contribution in [2.24, 2.45) is 0 Å². The summed E-state index contributed by atoms with van der Waals surface area (Å²) in [7, 11) is 0. The van der Waals surface area contributed by atoms with Gasteiger partial charge in [-0.3, -0.25) is 19.2 Å². The highest BCUT2D eigenvalue weighted by molar-refractivity contribution is 7.16. The zero-order chi connectivity index (χ0) is 16.8. The minimum atomic E-state index is 0.00534. The van der Waals surface area contributed by atoms with Crippen LogP contribution >= 0.6 is 11.3 Å². The van der Waals surface area contributed by atoms with Crippen LogP contribution in [0.1, 0.15) is 46.4 Å². The first-order valence-electron chi connectivity index (χ1n) is 8.27. The lowest BCUT2D eigenvalue weighted by atomic mass is 10.0. The van der Waals surface area contributed by atoms with Crippen molar-refractivity contribution < 1.29 is 0 Å². The minimum Gasteiger partial charge on any atom is -0.290 e. The van der Waals surface area contributed by atoms with Crippen molar-refractivity contribution in [2.45, 2.75) is 46.2 Å². The molecule has 1 saturated heterocycles. The number of nitrogens with zero attached hydrogens (tertiary/aromatic N) is 4. The van der Waals surface area contributed by atoms with Gasteiger partial charge in [0.15, 0.2) is 4.96 Å². The Labute approximate surface area is 144 Å². The molecular weight excluding hydrogens is 322 g/mol. The summed E-state index contributed by atoms with van der Waals surface area (Å²) in [5.74, 6) is 0. The normalized spacial score (nSPS) is 18.7. The van der Waals surface area contributed by atoms with Gasteiger partial charge in [-0.1, -0.05) is 0 Å². The maximum atomic E-state index is 12.3. The molecule has 0 aliphatic carbocycles. The Kier molecular flexibility index (Phi) is 3.77. The zero-order valence-electron chi connectivity index (χ0n) is 14.2. The maximum Gasteiger partial charge on any atom is 0.258 e. The Morgan fingerprint density at radius 1 is 1.38 bits per heavy atom. The van der Waals surface area contributed by atoms with Crippen LogP contribution in [-0.2, 0) is 6.54 Å². The van der Waals surface area contributed by atoms with Crippen LogP contribution in [0.25, 0.3) is 4.96 Å². The van der Waals surface area contributed by atoms with Crippen LogP contribution in [0, 0.1) is 20.8 Å². The van der Waals surface area contributed by atoms with Crippen LogP contribution in [0.4, 0.5) is 0 Å². The van der Waals surface area contributed by atoms with E-state index in [0.717, 1.165) is 46.3 Å². The molecule has 1 aliphatic heterocycles. The first-order valence-corrected chi connectivity index (χ1v) is 9.09. The van der Waals surface area contributed by atoms with Crippen molar-refractivity contribution in [1.82, 2.24) is 24.5 Å². The van der Waals surface area contributed by atoms with Crippen LogP contribution in [0.3, 0.4) is 0 Å². The predicted octanol–water partition coefficient (Wildman–Crippen LogP) is 2.74. The Hall–Kier alpha value is -1.99. The van der Waals surface area contributed by atoms with Gasteiger partial charge in [-0.15, -0.1) is 11.3 Å². The second-order valence-electron chi connectivity index (χ2n) is 6.56. The number of likely N-dealkylation sites (tertiary alicyclic amines) is 1. The van der Waals surface area contributed by atoms with Crippen LogP contribution in [0.2, 0.25) is 0 Å². The quantitative estimate of drug-likeness (QED) is 0.794. The van der Waals surface area contributed by atoms with E-state index >= 15 is 0 Å². The highest BCUT2D eigenvalue weighted by Gasteiger charge is 2.30. The molecule has 4 heterocycles. The number of hydrogen-bond acceptors (Lipinski definition) is 5. The van der Waals surface area contributed by atoms with Crippen molar-refractivity contribution in [3.63, 3.8) is 0 Å². The third kappa shape index (κ3) is 2.57. The van der Waals surface area contributed by atoms with Gasteiger partial charge in [0.05, 0.1) is 11.4 Å². The molecule has 1 aliphatic rings. The van der Waals surface area contributed by atoms with Gasteiger partial charge in [0.25, 0.3) is 5.56 Å². The number of thiazole rings is 1. The lowest BCUT2D eigenvalue weighted by Gasteiger charge is -2.24. The molecule has 1 fully saturated rings. The second kappa shape index (κ2) is 5.82. The van der Waals surface area contributed by atoms with Crippen molar-refractivity contribution in [1.29, 1.82) is 0 Å². The van der Waals surface area contributed by atoms with Gasteiger partial charge in [-0.05, 0) is 40.2 Å². The molecule has 0 spiro atoms. The van der Waals surface area contributed by atoms with E-state index in [9.17, 15) is 4.79 Å². The van der Waals surface area contributed by atoms with E-state index in [1.807, 2.05) is 13.1 Å². The van der Waals surface area contributed by atoms with E-state index < -0.39 is 0 Å². The Balaban J connectivity index is 1.66. The third-order valence-corrected chi connectivity index (χ3v) is 5.68. The SMILES string of the molecule is Cc1cn2c(=O)cc(CN3CCCC3c3c(C)n[nH]c3C)nc2s1. The Bertz CT molecular complexity index is 934. The summed E-state index contributed by atoms with van der Waals surface area (Å²) >= 11 is 1.56. The first-order chi connectivity index (χ1) is 11.5. The number of rotatable bonds is 3. The van der Waals surface area contributed by atoms with Crippen LogP contribution in [0.15, 0.2) is 17.1 Å². The number of hydrogen-bond donors (Lipinski definition) is 1. The summed E-state index contributed by atoms with van der Waals surface area (Å²) in [4.78, 5) is 21.3. The molecule has 0 saturated carbocycles. The number of aryl methyl sites for hydroxylation is 3. The zero-order valence-corrected chi connectivity index (χ0v) is 15.0. The fourth-order valence-corrected chi connectivity index (χ4v) is 4.59. The van der Waals surface area contributed by atoms with Gasteiger partial charge in [0.2, 0.25) is 0 Å². The summed E-state index contributed by atoms with van der Waals surface area (Å²) in [5, 5.41) is 7.43. The van der Waals surface area contributed by atoms with E-state index in [1.165, 1.54) is 5.56 Å². The number of aromatic nitrogens is 4. The molecule has 126 valence electrons. The molecule has 0 bridgehead atoms. The van der Waals surface area contributed by atoms with Gasteiger partial charge < -0.3 is 0 Å². The number of H-pyrrole nitrogens is 1. The lowest BCUT2D eigenvalue weighted by molar-refractivity contribution is 0.244. The van der Waals surface area contributed by atoms with E-state index in [1.54, 1.807) is 21.8 Å². The molecule has 4 rings (SSSR count). The Morgan fingerprint density at radius 3 is 2.96 bits per heavy atom. The third-order valence-electron chi connectivity index (χ3n) is 4.78. The molecule has 1 atom stereocenters. The van der Waals surface area contributed by atoms with E-state index in [2.05, 4.69) is 28.9 Å². The largest absolute Gasteiger partial charge is 0.290 e. The van der Waals surface area contributed by atoms with Crippen molar-refractivity contribution in [3.05, 3.63) is 50.1 Å². The molecule has 0 aromatic carbocycles. The fraction of sp³-hybridized carbons (Fsp3) is 0.471. The smallest absolute Gasteiger partial charge is 0.258 e. The molecule has 1 unspecified atom stereocenters. The van der Waals surface area contributed by atoms with Crippen LogP contribution in [0.5, 0.6) is 0 Å². The molecule has 3 aromatic rings. The number of nitrogens with one attached hydrogen (secondary N) is 1. The second-order valence-corrected chi connectivity index (χ2v) is 7.77. The molecule has 0 radical (unpaired) electrons. The molecule has 24 heavy (non-hydrogen) atoms. The van der Waals surface area contributed by atoms with Crippen molar-refractivity contribution >= 4 is 16.3 Å². The summed E-state index contributed by atoms with van der Waals surface area (Å²) in [6, 6.07) is 2.03. The topological polar surface area (TPSA) is 66.3 Å². The van der Waals surface area contributed by atoms with Gasteiger partial charge in [-0.2, -0.15) is 5.10 Å². The van der Waals surface area contributed by atoms with E-state index in [4.69, 9.17) is 4.98 Å². The first kappa shape index (κ1) is 15.5. The molecule has 0 amide bonds. The van der Waals surface area contributed by atoms with Gasteiger partial charge in [0, 0.05) is 41.0 Å². The van der Waals surface area contributed by atoms with Gasteiger partial charge >= 0.3 is 0 Å². The van der Waals surface area contributed by atoms with E-state index in [0.29, 0.717) is 12.6 Å². The summed E-state index contributed by atoms with van der Waals surface area (Å²) in [6.45, 7) is 7.87. The molecule has 7 heteroatoms. The minimum absolute atomic E-state index is 0.00534. The molecule has 3 aromatic heterocycles. The number of aromatic amines is 1. The van der Waals surface area contributed by atoms with E-state index in [-0.39, 0.29) is 5.56 Å². The predicted molar refractivity (Wildman–Crippen MR) is 94.5 cm³/mol.